The molecule has 0 saturated carbocycles. The van der Waals surface area contributed by atoms with Crippen LogP contribution >= 0.6 is 0 Å². The van der Waals surface area contributed by atoms with E-state index in [0.29, 0.717) is 18.2 Å². The lowest BCUT2D eigenvalue weighted by Crippen LogP contribution is -2.43. The molecule has 19 heavy (non-hydrogen) atoms. The Morgan fingerprint density at radius 3 is 3.05 bits per heavy atom. The molecule has 102 valence electrons. The number of hydrogen-bond acceptors (Lipinski definition) is 5. The molecular formula is C13H19N5O. The smallest absolute Gasteiger partial charge is 0.254 e. The van der Waals surface area contributed by atoms with Gasteiger partial charge in [-0.3, -0.25) is 0 Å². The van der Waals surface area contributed by atoms with Gasteiger partial charge in [0.2, 0.25) is 0 Å². The van der Waals surface area contributed by atoms with Crippen molar-refractivity contribution in [3.8, 4) is 0 Å². The molecule has 3 heterocycles. The van der Waals surface area contributed by atoms with Crippen LogP contribution in [0.25, 0.3) is 5.78 Å². The number of aliphatic hydroxyl groups excluding tert-OH is 1. The first-order valence-electron chi connectivity index (χ1n) is 6.81. The van der Waals surface area contributed by atoms with E-state index in [2.05, 4.69) is 33.8 Å². The minimum absolute atomic E-state index is 0.287. The number of nitrogens with zero attached hydrogens (tertiary/aromatic N) is 5. The zero-order valence-corrected chi connectivity index (χ0v) is 11.3. The quantitative estimate of drug-likeness (QED) is 0.869. The third-order valence-electron chi connectivity index (χ3n) is 3.89. The minimum atomic E-state index is -0.287. The normalized spacial score (nSPS) is 24.1. The molecule has 0 spiro atoms. The third-order valence-corrected chi connectivity index (χ3v) is 3.89. The zero-order valence-electron chi connectivity index (χ0n) is 11.3. The van der Waals surface area contributed by atoms with Crippen molar-refractivity contribution in [2.75, 3.05) is 18.0 Å². The summed E-state index contributed by atoms with van der Waals surface area (Å²) in [7, 11) is 0. The minimum Gasteiger partial charge on any atom is -0.391 e. The summed E-state index contributed by atoms with van der Waals surface area (Å²) in [5, 5.41) is 14.3. The van der Waals surface area contributed by atoms with Gasteiger partial charge in [0.15, 0.2) is 0 Å². The monoisotopic (exact) mass is 261 g/mol. The first kappa shape index (κ1) is 12.3. The molecule has 1 fully saturated rings. The van der Waals surface area contributed by atoms with Crippen molar-refractivity contribution in [1.82, 2.24) is 19.6 Å². The summed E-state index contributed by atoms with van der Waals surface area (Å²) in [4.78, 5) is 10.8. The van der Waals surface area contributed by atoms with Gasteiger partial charge in [-0.2, -0.15) is 14.6 Å². The molecule has 2 aromatic heterocycles. The number of aromatic nitrogens is 4. The summed E-state index contributed by atoms with van der Waals surface area (Å²) in [5.74, 6) is 1.96. The maximum absolute atomic E-state index is 10.1. The molecule has 0 radical (unpaired) electrons. The van der Waals surface area contributed by atoms with Crippen LogP contribution in [0.5, 0.6) is 0 Å². The molecule has 3 rings (SSSR count). The second-order valence-corrected chi connectivity index (χ2v) is 5.21. The molecule has 0 bridgehead atoms. The zero-order chi connectivity index (χ0) is 13.4. The van der Waals surface area contributed by atoms with E-state index >= 15 is 0 Å². The van der Waals surface area contributed by atoms with Gasteiger partial charge < -0.3 is 10.0 Å². The first-order chi connectivity index (χ1) is 9.19. The Bertz CT molecular complexity index is 581. The molecular weight excluding hydrogens is 242 g/mol. The van der Waals surface area contributed by atoms with Crippen LogP contribution in [-0.2, 0) is 6.42 Å². The van der Waals surface area contributed by atoms with Gasteiger partial charge in [0.25, 0.3) is 5.78 Å². The van der Waals surface area contributed by atoms with Crippen LogP contribution in [0.1, 0.15) is 26.0 Å². The van der Waals surface area contributed by atoms with Crippen molar-refractivity contribution in [2.45, 2.75) is 32.8 Å². The van der Waals surface area contributed by atoms with Crippen LogP contribution in [-0.4, -0.2) is 43.9 Å². The highest BCUT2D eigenvalue weighted by molar-refractivity contribution is 5.47. The molecule has 1 saturated heterocycles. The number of β-amino-alcohol motifs (C(OH)–C–C–N with tert-alkyl or cyclic N) is 1. The summed E-state index contributed by atoms with van der Waals surface area (Å²) in [5.41, 5.74) is 1.00. The topological polar surface area (TPSA) is 66.5 Å². The van der Waals surface area contributed by atoms with Crippen molar-refractivity contribution in [3.63, 3.8) is 0 Å². The van der Waals surface area contributed by atoms with E-state index in [1.807, 2.05) is 6.07 Å². The van der Waals surface area contributed by atoms with Crippen molar-refractivity contribution in [3.05, 3.63) is 18.1 Å². The Labute approximate surface area is 112 Å². The van der Waals surface area contributed by atoms with Gasteiger partial charge in [-0.15, -0.1) is 0 Å². The number of hydrogen-bond donors (Lipinski definition) is 1. The fraction of sp³-hybridized carbons (Fsp3) is 0.615. The Morgan fingerprint density at radius 2 is 2.32 bits per heavy atom. The molecule has 0 aromatic carbocycles. The lowest BCUT2D eigenvalue weighted by Gasteiger charge is -2.35. The third kappa shape index (κ3) is 2.16. The fourth-order valence-corrected chi connectivity index (χ4v) is 2.51. The highest BCUT2D eigenvalue weighted by Gasteiger charge is 2.26. The van der Waals surface area contributed by atoms with Crippen LogP contribution in [0.15, 0.2) is 12.4 Å². The molecule has 1 aliphatic heterocycles. The Kier molecular flexibility index (Phi) is 3.10. The summed E-state index contributed by atoms with van der Waals surface area (Å²) in [6.45, 7) is 5.74. The summed E-state index contributed by atoms with van der Waals surface area (Å²) < 4.78 is 1.75. The number of aryl methyl sites for hydroxylation is 1. The van der Waals surface area contributed by atoms with Gasteiger partial charge in [0, 0.05) is 24.8 Å². The maximum atomic E-state index is 10.1. The summed E-state index contributed by atoms with van der Waals surface area (Å²) in [6.07, 6.45) is 3.09. The molecule has 1 aliphatic rings. The van der Waals surface area contributed by atoms with Crippen LogP contribution in [0, 0.1) is 5.92 Å². The Hall–Kier alpha value is -1.69. The molecule has 2 unspecified atom stereocenters. The van der Waals surface area contributed by atoms with Crippen LogP contribution in [0.3, 0.4) is 0 Å². The average Bonchev–Trinajstić information content (AvgIpc) is 2.89. The molecule has 2 atom stereocenters. The SMILES string of the molecule is CCc1cc(N2CCC(C)C(O)C2)n2ncnc2n1. The molecule has 6 heteroatoms. The molecule has 2 aromatic rings. The van der Waals surface area contributed by atoms with Crippen molar-refractivity contribution in [1.29, 1.82) is 0 Å². The Morgan fingerprint density at radius 1 is 1.47 bits per heavy atom. The molecule has 6 nitrogen and oxygen atoms in total. The van der Waals surface area contributed by atoms with E-state index in [1.165, 1.54) is 6.33 Å². The standard InChI is InChI=1S/C13H19N5O/c1-3-10-6-12(18-13(16-10)14-8-15-18)17-5-4-9(2)11(19)7-17/h6,8-9,11,19H,3-5,7H2,1-2H3. The van der Waals surface area contributed by atoms with Crippen molar-refractivity contribution in [2.24, 2.45) is 5.92 Å². The van der Waals surface area contributed by atoms with E-state index in [1.54, 1.807) is 4.52 Å². The molecule has 0 aliphatic carbocycles. The van der Waals surface area contributed by atoms with Gasteiger partial charge >= 0.3 is 0 Å². The van der Waals surface area contributed by atoms with Gasteiger partial charge in [0.1, 0.15) is 12.1 Å². The second kappa shape index (κ2) is 4.77. The van der Waals surface area contributed by atoms with Crippen LogP contribution in [0.2, 0.25) is 0 Å². The predicted octanol–water partition coefficient (Wildman–Crippen LogP) is 0.894. The van der Waals surface area contributed by atoms with Crippen molar-refractivity contribution >= 4 is 11.6 Å². The second-order valence-electron chi connectivity index (χ2n) is 5.21. The van der Waals surface area contributed by atoms with E-state index in [9.17, 15) is 5.11 Å². The molecule has 1 N–H and O–H groups in total. The van der Waals surface area contributed by atoms with Gasteiger partial charge in [0.05, 0.1) is 6.10 Å². The largest absolute Gasteiger partial charge is 0.391 e. The fourth-order valence-electron chi connectivity index (χ4n) is 2.51. The number of fused-ring (bicyclic) bond motifs is 1. The first-order valence-corrected chi connectivity index (χ1v) is 6.81. The summed E-state index contributed by atoms with van der Waals surface area (Å²) >= 11 is 0. The summed E-state index contributed by atoms with van der Waals surface area (Å²) in [6, 6.07) is 2.05. The number of aliphatic hydroxyl groups is 1. The van der Waals surface area contributed by atoms with Gasteiger partial charge in [-0.25, -0.2) is 4.98 Å². The van der Waals surface area contributed by atoms with E-state index in [4.69, 9.17) is 0 Å². The van der Waals surface area contributed by atoms with E-state index < -0.39 is 0 Å². The van der Waals surface area contributed by atoms with Gasteiger partial charge in [-0.05, 0) is 18.8 Å². The van der Waals surface area contributed by atoms with Crippen LogP contribution in [0.4, 0.5) is 5.82 Å². The van der Waals surface area contributed by atoms with Crippen LogP contribution < -0.4 is 4.90 Å². The highest BCUT2D eigenvalue weighted by atomic mass is 16.3. The maximum Gasteiger partial charge on any atom is 0.254 e. The average molecular weight is 261 g/mol. The lowest BCUT2D eigenvalue weighted by atomic mass is 9.96. The van der Waals surface area contributed by atoms with E-state index in [-0.39, 0.29) is 6.10 Å². The van der Waals surface area contributed by atoms with Crippen molar-refractivity contribution < 1.29 is 5.11 Å². The lowest BCUT2D eigenvalue weighted by molar-refractivity contribution is 0.102. The number of rotatable bonds is 2. The van der Waals surface area contributed by atoms with E-state index in [0.717, 1.165) is 30.9 Å². The highest BCUT2D eigenvalue weighted by Crippen LogP contribution is 2.24. The Balaban J connectivity index is 2.01. The van der Waals surface area contributed by atoms with Gasteiger partial charge in [-0.1, -0.05) is 13.8 Å². The number of anilines is 1. The predicted molar refractivity (Wildman–Crippen MR) is 72.2 cm³/mol. The molecule has 0 amide bonds. The number of piperidine rings is 1.